The number of carbonyl (C=O) groups excluding carboxylic acids is 7. The molecule has 0 saturated carbocycles. The van der Waals surface area contributed by atoms with Gasteiger partial charge in [-0.1, -0.05) is 74.0 Å². The second kappa shape index (κ2) is 36.3. The summed E-state index contributed by atoms with van der Waals surface area (Å²) in [7, 11) is 0. The number of nitrogens with zero attached hydrogens (tertiary/aromatic N) is 12. The molecule has 0 bridgehead atoms. The van der Waals surface area contributed by atoms with Gasteiger partial charge in [0.1, 0.15) is 47.7 Å². The number of aromatic nitrogens is 11. The number of H-pyrrole nitrogens is 1. The van der Waals surface area contributed by atoms with E-state index in [4.69, 9.17) is 36.5 Å². The molecule has 11 rings (SSSR count). The second-order valence-corrected chi connectivity index (χ2v) is 30.1. The van der Waals surface area contributed by atoms with Crippen LogP contribution in [-0.4, -0.2) is 182 Å². The Kier molecular flexibility index (Phi) is 26.3. The number of aliphatic carboxylic acids is 1. The maximum Gasteiger partial charge on any atom is 0.326 e. The van der Waals surface area contributed by atoms with Crippen molar-refractivity contribution < 1.29 is 57.7 Å². The molecule has 9 aromatic rings. The van der Waals surface area contributed by atoms with Gasteiger partial charge in [0.25, 0.3) is 11.5 Å². The van der Waals surface area contributed by atoms with Gasteiger partial charge in [0.15, 0.2) is 22.8 Å². The Hall–Kier alpha value is -11.3. The highest BCUT2D eigenvalue weighted by atomic mass is 35.5. The van der Waals surface area contributed by atoms with E-state index in [1.54, 1.807) is 49.8 Å². The number of ether oxygens (including phenoxy) is 3. The van der Waals surface area contributed by atoms with E-state index in [2.05, 4.69) is 91.2 Å². The molecular formula is C74H85ClN20O13S2. The third-order valence-electron chi connectivity index (χ3n) is 18.3. The van der Waals surface area contributed by atoms with Crippen LogP contribution in [0.4, 0.5) is 17.5 Å². The number of aliphatic imine (C=N–C) groups is 1. The average molecular weight is 1560 g/mol. The number of anilines is 3. The lowest BCUT2D eigenvalue weighted by Crippen LogP contribution is -2.58. The number of amides is 6. The van der Waals surface area contributed by atoms with Crippen molar-refractivity contribution in [2.24, 2.45) is 10.4 Å². The largest absolute Gasteiger partial charge is 0.480 e. The molecule has 6 amide bonds. The summed E-state index contributed by atoms with van der Waals surface area (Å²) < 4.78 is 20.9. The zero-order valence-corrected chi connectivity index (χ0v) is 63.9. The molecule has 10 N–H and O–H groups in total. The SMILES string of the molecule is Cc1ncsc1-c1ccc(CNC(=O)[C@@H]2C[C@@H](OC(=O)CCCCn3cc(NC(=O)CC[C@@H](NC(=O)c4ccc(NCc5cnc6nc(N)[nH]c(=O)c6n5)cc4)C(=O)O)nn3)CN2C(=O)[C@@H](NC(=O)COCCCOCCNC(=O)C[C@@H]2N=C(c3ccc(Cl)cc3)c3c(sc(C)c3C)-n3c(C)nnc32)C(C)(C)C)cc1. The number of halogens is 1. The Balaban J connectivity index is 0.611. The summed E-state index contributed by atoms with van der Waals surface area (Å²) in [4.78, 5) is 148. The highest BCUT2D eigenvalue weighted by Crippen LogP contribution is 2.40. The fourth-order valence-corrected chi connectivity index (χ4v) is 14.6. The average Bonchev–Trinajstić information content (AvgIpc) is 1.59. The number of thiophene rings is 1. The smallest absolute Gasteiger partial charge is 0.326 e. The molecular weight excluding hydrogens is 1480 g/mol. The number of nitrogens with two attached hydrogens (primary N) is 1. The van der Waals surface area contributed by atoms with E-state index in [0.29, 0.717) is 47.3 Å². The molecule has 1 fully saturated rings. The van der Waals surface area contributed by atoms with Crippen molar-refractivity contribution >= 4 is 116 Å². The van der Waals surface area contributed by atoms with E-state index in [0.717, 1.165) is 54.0 Å². The lowest BCUT2D eigenvalue weighted by Gasteiger charge is -2.35. The number of esters is 1. The number of likely N-dealkylation sites (tertiary alicyclic amines) is 1. The van der Waals surface area contributed by atoms with Gasteiger partial charge in [-0.2, -0.15) is 4.98 Å². The summed E-state index contributed by atoms with van der Waals surface area (Å²) in [6, 6.07) is 17.1. The Morgan fingerprint density at radius 3 is 2.31 bits per heavy atom. The first-order valence-corrected chi connectivity index (χ1v) is 37.7. The number of rotatable bonds is 34. The van der Waals surface area contributed by atoms with E-state index in [1.807, 2.05) is 66.9 Å². The number of nitrogen functional groups attached to an aromatic ring is 1. The van der Waals surface area contributed by atoms with Crippen LogP contribution in [0.15, 0.2) is 100 Å². The van der Waals surface area contributed by atoms with Gasteiger partial charge in [0, 0.05) is 84.4 Å². The maximum absolute atomic E-state index is 14.8. The molecule has 5 atom stereocenters. The number of carboxylic acids is 1. The number of fused-ring (bicyclic) bond motifs is 4. The summed E-state index contributed by atoms with van der Waals surface area (Å²) in [5, 5.41) is 45.3. The third-order valence-corrected chi connectivity index (χ3v) is 20.7. The topological polar surface area (TPSA) is 444 Å². The normalized spacial score (nSPS) is 15.2. The molecule has 3 aromatic carbocycles. The Labute approximate surface area is 644 Å². The van der Waals surface area contributed by atoms with Gasteiger partial charge in [0.2, 0.25) is 35.5 Å². The van der Waals surface area contributed by atoms with Gasteiger partial charge in [-0.15, -0.1) is 38.0 Å². The number of nitrogens with one attached hydrogen (secondary N) is 7. The van der Waals surface area contributed by atoms with E-state index in [-0.39, 0.29) is 126 Å². The fraction of sp³-hybridized carbons (Fsp3) is 0.405. The van der Waals surface area contributed by atoms with Gasteiger partial charge in [-0.3, -0.25) is 57.6 Å². The highest BCUT2D eigenvalue weighted by molar-refractivity contribution is 7.15. The Bertz CT molecular complexity index is 4940. The molecule has 0 aliphatic carbocycles. The standard InChI is InChI=1S/C74H85ClN20O13S2/c1-40-42(3)110-71-60(40)61(45-16-20-48(75)21-17-45)83-53(66-91-89-43(4)95(66)71)32-57(97)77-26-30-106-28-10-29-107-38-58(98)86-64(74(5,6)7)70(103)94-36-51(31-54(94)68(101)80-33-44-12-14-46(15-13-44)63-41(2)81-39-109-63)108-59(99)11-8-9-27-93-37-55(90-92-93)85-56(96)25-24-52(72(104)105)84-67(100)47-18-22-49(23-19-47)78-34-50-35-79-65-62(82-50)69(102)88-73(76)87-65/h12-23,35,37,39,51-54,64,78H,8-11,24-34,36,38H2,1-7H3,(H,77,97)(H,80,101)(H,84,100)(H,85,96)(H,86,98)(H,104,105)(H3,76,79,87,88,102)/t51-,52-,53+,54+,64-/m1/s1. The molecule has 33 nitrogen and oxygen atoms in total. The molecule has 0 radical (unpaired) electrons. The van der Waals surface area contributed by atoms with Gasteiger partial charge in [0.05, 0.1) is 66.0 Å². The number of carbonyl (C=O) groups is 8. The van der Waals surface area contributed by atoms with Gasteiger partial charge in [-0.25, -0.2) is 19.7 Å². The Morgan fingerprint density at radius 1 is 0.818 bits per heavy atom. The molecule has 6 aromatic heterocycles. The van der Waals surface area contributed by atoms with Crippen LogP contribution < -0.4 is 43.2 Å². The second-order valence-electron chi connectivity index (χ2n) is 27.6. The molecule has 110 heavy (non-hydrogen) atoms. The number of benzene rings is 3. The minimum absolute atomic E-state index is 0.0124. The van der Waals surface area contributed by atoms with Crippen molar-refractivity contribution in [3.05, 3.63) is 162 Å². The maximum atomic E-state index is 14.8. The van der Waals surface area contributed by atoms with E-state index in [1.165, 1.54) is 45.4 Å². The van der Waals surface area contributed by atoms with Crippen LogP contribution >= 0.6 is 34.3 Å². The van der Waals surface area contributed by atoms with Crippen LogP contribution in [0.1, 0.15) is 139 Å². The molecule has 36 heteroatoms. The molecule has 578 valence electrons. The van der Waals surface area contributed by atoms with Crippen molar-refractivity contribution in [1.29, 1.82) is 0 Å². The fourth-order valence-electron chi connectivity index (χ4n) is 12.4. The van der Waals surface area contributed by atoms with Crippen molar-refractivity contribution in [2.75, 3.05) is 55.9 Å². The predicted octanol–water partition coefficient (Wildman–Crippen LogP) is 6.81. The number of thiazole rings is 1. The number of aryl methyl sites for hydroxylation is 4. The minimum atomic E-state index is -1.41. The van der Waals surface area contributed by atoms with Crippen molar-refractivity contribution in [2.45, 2.75) is 150 Å². The number of hydrogen-bond donors (Lipinski definition) is 9. The number of hydrogen-bond acceptors (Lipinski definition) is 25. The quantitative estimate of drug-likeness (QED) is 0.0148. The van der Waals surface area contributed by atoms with Crippen LogP contribution in [0.5, 0.6) is 0 Å². The summed E-state index contributed by atoms with van der Waals surface area (Å²) in [6.07, 6.45) is 2.66. The molecule has 1 saturated heterocycles. The van der Waals surface area contributed by atoms with Crippen molar-refractivity contribution in [1.82, 2.24) is 80.8 Å². The molecule has 8 heterocycles. The highest BCUT2D eigenvalue weighted by Gasteiger charge is 2.46. The van der Waals surface area contributed by atoms with Crippen LogP contribution in [0.3, 0.4) is 0 Å². The Morgan fingerprint density at radius 2 is 1.57 bits per heavy atom. The minimum Gasteiger partial charge on any atom is -0.480 e. The number of aromatic amines is 1. The lowest BCUT2D eigenvalue weighted by molar-refractivity contribution is -0.150. The molecule has 2 aliphatic rings. The first-order valence-electron chi connectivity index (χ1n) is 35.7. The monoisotopic (exact) mass is 1560 g/mol. The lowest BCUT2D eigenvalue weighted by atomic mass is 9.85. The summed E-state index contributed by atoms with van der Waals surface area (Å²) >= 11 is 9.43. The van der Waals surface area contributed by atoms with Crippen LogP contribution in [0.2, 0.25) is 5.02 Å². The predicted molar refractivity (Wildman–Crippen MR) is 409 cm³/mol. The molecule has 0 spiro atoms. The van der Waals surface area contributed by atoms with E-state index < -0.39 is 82.7 Å². The zero-order chi connectivity index (χ0) is 78.3. The first kappa shape index (κ1) is 79.8. The van der Waals surface area contributed by atoms with Gasteiger partial charge in [-0.05, 0) is 112 Å². The van der Waals surface area contributed by atoms with Gasteiger partial charge >= 0.3 is 11.9 Å². The van der Waals surface area contributed by atoms with Crippen molar-refractivity contribution in [3.8, 4) is 15.4 Å². The summed E-state index contributed by atoms with van der Waals surface area (Å²) in [6.45, 7) is 14.2. The van der Waals surface area contributed by atoms with Crippen LogP contribution in [-0.2, 0) is 67.4 Å². The van der Waals surface area contributed by atoms with Crippen LogP contribution in [0.25, 0.3) is 26.6 Å². The number of carboxylic acid groups (broad SMARTS) is 1. The molecule has 2 aliphatic heterocycles. The summed E-state index contributed by atoms with van der Waals surface area (Å²) in [5.41, 5.74) is 13.6. The summed E-state index contributed by atoms with van der Waals surface area (Å²) in [5.74, 6) is -3.76. The van der Waals surface area contributed by atoms with E-state index >= 15 is 0 Å². The number of unbranched alkanes of at least 4 members (excludes halogenated alkanes) is 1. The zero-order valence-electron chi connectivity index (χ0n) is 61.6. The van der Waals surface area contributed by atoms with Crippen molar-refractivity contribution in [3.63, 3.8) is 0 Å². The van der Waals surface area contributed by atoms with E-state index in [9.17, 15) is 48.3 Å². The van der Waals surface area contributed by atoms with Gasteiger partial charge < -0.3 is 61.9 Å². The first-order chi connectivity index (χ1) is 52.7. The molecule has 0 unspecified atom stereocenters. The third kappa shape index (κ3) is 20.5. The van der Waals surface area contributed by atoms with Crippen LogP contribution in [0, 0.1) is 33.1 Å².